The molecule has 0 radical (unpaired) electrons. The highest BCUT2D eigenvalue weighted by molar-refractivity contribution is 5.94. The molecule has 0 unspecified atom stereocenters. The molecule has 1 aromatic heterocycles. The van der Waals surface area contributed by atoms with Crippen LogP contribution in [-0.4, -0.2) is 48.8 Å². The molecule has 1 fully saturated rings. The van der Waals surface area contributed by atoms with Crippen LogP contribution in [0.4, 0.5) is 11.6 Å². The van der Waals surface area contributed by atoms with Gasteiger partial charge in [-0.15, -0.1) is 0 Å². The molecule has 1 saturated heterocycles. The molecule has 0 atom stereocenters. The van der Waals surface area contributed by atoms with E-state index < -0.39 is 5.97 Å². The number of aryl methyl sites for hydroxylation is 1. The Morgan fingerprint density at radius 3 is 2.36 bits per heavy atom. The van der Waals surface area contributed by atoms with E-state index >= 15 is 0 Å². The van der Waals surface area contributed by atoms with Crippen LogP contribution in [0.3, 0.4) is 0 Å². The van der Waals surface area contributed by atoms with Crippen molar-refractivity contribution in [3.05, 3.63) is 99.3 Å². The first-order valence-electron chi connectivity index (χ1n) is 12.2. The second-order valence-corrected chi connectivity index (χ2v) is 9.21. The molecule has 0 aliphatic carbocycles. The van der Waals surface area contributed by atoms with Crippen LogP contribution in [0.15, 0.2) is 71.5 Å². The molecule has 0 N–H and O–H groups in total. The Morgan fingerprint density at radius 1 is 0.917 bits per heavy atom. The number of rotatable bonds is 5. The maximum absolute atomic E-state index is 13.7. The molecular formula is C29H30N4O3. The van der Waals surface area contributed by atoms with Crippen molar-refractivity contribution in [3.63, 3.8) is 0 Å². The fraction of sp³-hybridized carbons (Fsp3) is 0.276. The standard InChI is InChI=1S/C29H30N4O3/c1-20-8-7-11-26(21(20)2)31-14-16-32(17-15-31)29-30-25-18-23(28(35)36-3)12-13-24(25)27(34)33(29)19-22-9-5-4-6-10-22/h4-13,18H,14-17,19H2,1-3H3. The van der Waals surface area contributed by atoms with Gasteiger partial charge in [-0.2, -0.15) is 0 Å². The Hall–Kier alpha value is -4.13. The van der Waals surface area contributed by atoms with Gasteiger partial charge in [0.25, 0.3) is 5.56 Å². The van der Waals surface area contributed by atoms with Crippen LogP contribution in [0.2, 0.25) is 0 Å². The fourth-order valence-electron chi connectivity index (χ4n) is 4.83. The first kappa shape index (κ1) is 23.6. The highest BCUT2D eigenvalue weighted by Crippen LogP contribution is 2.26. The summed E-state index contributed by atoms with van der Waals surface area (Å²) in [6, 6.07) is 21.3. The molecule has 0 saturated carbocycles. The number of fused-ring (bicyclic) bond motifs is 1. The summed E-state index contributed by atoms with van der Waals surface area (Å²) in [7, 11) is 1.35. The Bertz CT molecular complexity index is 1470. The van der Waals surface area contributed by atoms with Gasteiger partial charge in [-0.25, -0.2) is 9.78 Å². The maximum atomic E-state index is 13.7. The predicted molar refractivity (Wildman–Crippen MR) is 143 cm³/mol. The summed E-state index contributed by atoms with van der Waals surface area (Å²) in [5, 5.41) is 0.483. The van der Waals surface area contributed by atoms with E-state index in [9.17, 15) is 9.59 Å². The molecule has 0 amide bonds. The number of carbonyl (C=O) groups is 1. The minimum atomic E-state index is -0.448. The number of benzene rings is 3. The normalized spacial score (nSPS) is 13.8. The second kappa shape index (κ2) is 9.85. The van der Waals surface area contributed by atoms with E-state index in [4.69, 9.17) is 9.72 Å². The molecule has 184 valence electrons. The molecule has 0 bridgehead atoms. The van der Waals surface area contributed by atoms with Crippen LogP contribution in [0.1, 0.15) is 27.0 Å². The molecule has 4 aromatic rings. The number of piperazine rings is 1. The first-order valence-corrected chi connectivity index (χ1v) is 12.2. The van der Waals surface area contributed by atoms with Crippen molar-refractivity contribution in [1.29, 1.82) is 0 Å². The van der Waals surface area contributed by atoms with Gasteiger partial charge >= 0.3 is 5.97 Å². The lowest BCUT2D eigenvalue weighted by atomic mass is 10.1. The maximum Gasteiger partial charge on any atom is 0.337 e. The van der Waals surface area contributed by atoms with E-state index in [0.717, 1.165) is 31.7 Å². The number of methoxy groups -OCH3 is 1. The zero-order valence-electron chi connectivity index (χ0n) is 20.9. The lowest BCUT2D eigenvalue weighted by Crippen LogP contribution is -2.48. The summed E-state index contributed by atoms with van der Waals surface area (Å²) >= 11 is 0. The molecule has 2 heterocycles. The summed E-state index contributed by atoms with van der Waals surface area (Å²) in [6.07, 6.45) is 0. The lowest BCUT2D eigenvalue weighted by Gasteiger charge is -2.38. The Kier molecular flexibility index (Phi) is 6.46. The fourth-order valence-corrected chi connectivity index (χ4v) is 4.83. The van der Waals surface area contributed by atoms with Gasteiger partial charge in [0, 0.05) is 31.9 Å². The van der Waals surface area contributed by atoms with E-state index in [1.165, 1.54) is 23.9 Å². The van der Waals surface area contributed by atoms with Gasteiger partial charge in [0.1, 0.15) is 0 Å². The van der Waals surface area contributed by atoms with Crippen LogP contribution in [0, 0.1) is 13.8 Å². The van der Waals surface area contributed by atoms with Gasteiger partial charge in [-0.1, -0.05) is 42.5 Å². The van der Waals surface area contributed by atoms with E-state index in [0.29, 0.717) is 29.0 Å². The topological polar surface area (TPSA) is 67.7 Å². The molecule has 0 spiro atoms. The highest BCUT2D eigenvalue weighted by atomic mass is 16.5. The quantitative estimate of drug-likeness (QED) is 0.398. The number of carbonyl (C=O) groups excluding carboxylic acids is 1. The van der Waals surface area contributed by atoms with Crippen LogP contribution < -0.4 is 15.4 Å². The number of ether oxygens (including phenoxy) is 1. The third-order valence-corrected chi connectivity index (χ3v) is 7.02. The van der Waals surface area contributed by atoms with E-state index in [1.54, 1.807) is 22.8 Å². The van der Waals surface area contributed by atoms with Gasteiger partial charge in [0.2, 0.25) is 5.95 Å². The largest absolute Gasteiger partial charge is 0.465 e. The molecule has 1 aliphatic rings. The summed E-state index contributed by atoms with van der Waals surface area (Å²) in [6.45, 7) is 7.84. The molecule has 3 aromatic carbocycles. The van der Waals surface area contributed by atoms with Crippen molar-refractivity contribution in [2.24, 2.45) is 0 Å². The summed E-state index contributed by atoms with van der Waals surface area (Å²) in [4.78, 5) is 35.3. The van der Waals surface area contributed by atoms with Gasteiger partial charge in [-0.05, 0) is 54.8 Å². The number of nitrogens with zero attached hydrogens (tertiary/aromatic N) is 4. The molecule has 7 nitrogen and oxygen atoms in total. The van der Waals surface area contributed by atoms with Crippen molar-refractivity contribution in [2.45, 2.75) is 20.4 Å². The third-order valence-electron chi connectivity index (χ3n) is 7.02. The average molecular weight is 483 g/mol. The number of hydrogen-bond acceptors (Lipinski definition) is 6. The SMILES string of the molecule is COC(=O)c1ccc2c(=O)n(Cc3ccccc3)c(N3CCN(c4cccc(C)c4C)CC3)nc2c1. The summed E-state index contributed by atoms with van der Waals surface area (Å²) < 4.78 is 6.62. The lowest BCUT2D eigenvalue weighted by molar-refractivity contribution is 0.0601. The van der Waals surface area contributed by atoms with Gasteiger partial charge in [0.05, 0.1) is 30.1 Å². The Balaban J connectivity index is 1.53. The predicted octanol–water partition coefficient (Wildman–Crippen LogP) is 4.17. The van der Waals surface area contributed by atoms with Crippen LogP contribution >= 0.6 is 0 Å². The number of esters is 1. The average Bonchev–Trinajstić information content (AvgIpc) is 2.91. The monoisotopic (exact) mass is 482 g/mol. The number of anilines is 2. The smallest absolute Gasteiger partial charge is 0.337 e. The molecule has 1 aliphatic heterocycles. The van der Waals surface area contributed by atoms with Crippen molar-refractivity contribution >= 4 is 28.5 Å². The number of hydrogen-bond donors (Lipinski definition) is 0. The minimum Gasteiger partial charge on any atom is -0.465 e. The van der Waals surface area contributed by atoms with Gasteiger partial charge in [-0.3, -0.25) is 9.36 Å². The molecule has 36 heavy (non-hydrogen) atoms. The number of aromatic nitrogens is 2. The van der Waals surface area contributed by atoms with Crippen molar-refractivity contribution in [1.82, 2.24) is 9.55 Å². The summed E-state index contributed by atoms with van der Waals surface area (Å²) in [5.41, 5.74) is 5.62. The zero-order valence-corrected chi connectivity index (χ0v) is 20.9. The first-order chi connectivity index (χ1) is 17.5. The van der Waals surface area contributed by atoms with Crippen LogP contribution in [0.25, 0.3) is 10.9 Å². The van der Waals surface area contributed by atoms with Crippen molar-refractivity contribution in [2.75, 3.05) is 43.1 Å². The summed E-state index contributed by atoms with van der Waals surface area (Å²) in [5.74, 6) is 0.176. The van der Waals surface area contributed by atoms with E-state index in [2.05, 4.69) is 41.8 Å². The van der Waals surface area contributed by atoms with Gasteiger partial charge < -0.3 is 14.5 Å². The van der Waals surface area contributed by atoms with Crippen molar-refractivity contribution < 1.29 is 9.53 Å². The van der Waals surface area contributed by atoms with Crippen molar-refractivity contribution in [3.8, 4) is 0 Å². The van der Waals surface area contributed by atoms with Crippen LogP contribution in [0.5, 0.6) is 0 Å². The highest BCUT2D eigenvalue weighted by Gasteiger charge is 2.24. The molecule has 7 heteroatoms. The van der Waals surface area contributed by atoms with E-state index in [1.807, 2.05) is 30.3 Å². The molecule has 5 rings (SSSR count). The van der Waals surface area contributed by atoms with Gasteiger partial charge in [0.15, 0.2) is 0 Å². The second-order valence-electron chi connectivity index (χ2n) is 9.21. The van der Waals surface area contributed by atoms with E-state index in [-0.39, 0.29) is 5.56 Å². The molecular weight excluding hydrogens is 452 g/mol. The Morgan fingerprint density at radius 2 is 1.64 bits per heavy atom. The third kappa shape index (κ3) is 4.44. The minimum absolute atomic E-state index is 0.118. The van der Waals surface area contributed by atoms with Crippen LogP contribution in [-0.2, 0) is 11.3 Å². The Labute approximate surface area is 210 Å². The zero-order chi connectivity index (χ0) is 25.2.